The summed E-state index contributed by atoms with van der Waals surface area (Å²) in [7, 11) is 0. The maximum Gasteiger partial charge on any atom is 0.267 e. The van der Waals surface area contributed by atoms with Gasteiger partial charge >= 0.3 is 0 Å². The number of hydrogen-bond acceptors (Lipinski definition) is 2. The second-order valence-corrected chi connectivity index (χ2v) is 3.24. The van der Waals surface area contributed by atoms with Gasteiger partial charge < -0.3 is 5.73 Å². The minimum atomic E-state index is -0.572. The van der Waals surface area contributed by atoms with Crippen LogP contribution in [0.2, 0.25) is 5.15 Å². The molecule has 0 radical (unpaired) electrons. The van der Waals surface area contributed by atoms with Crippen LogP contribution in [0.3, 0.4) is 0 Å². The Balaban J connectivity index is 2.78. The van der Waals surface area contributed by atoms with Crippen LogP contribution in [0.25, 0.3) is 10.8 Å². The molecule has 0 bridgehead atoms. The first-order valence-corrected chi connectivity index (χ1v) is 4.41. The van der Waals surface area contributed by atoms with Crippen molar-refractivity contribution in [3.63, 3.8) is 0 Å². The topological polar surface area (TPSA) is 56.0 Å². The lowest BCUT2D eigenvalue weighted by atomic mass is 10.1. The number of pyridine rings is 1. The number of halogens is 1. The van der Waals surface area contributed by atoms with Crippen molar-refractivity contribution in [2.75, 3.05) is 0 Å². The fourth-order valence-corrected chi connectivity index (χ4v) is 1.55. The molecule has 0 fully saturated rings. The zero-order chi connectivity index (χ0) is 10.1. The standard InChI is InChI=1S/C10H7ClN2O/c11-9-7-4-2-1-3-6(7)5-8(13-9)10(12)14/h1-5H,(H2,12,14). The van der Waals surface area contributed by atoms with Gasteiger partial charge in [-0.15, -0.1) is 0 Å². The van der Waals surface area contributed by atoms with Crippen molar-refractivity contribution in [2.45, 2.75) is 0 Å². The lowest BCUT2D eigenvalue weighted by molar-refractivity contribution is 0.0996. The quantitative estimate of drug-likeness (QED) is 0.726. The third kappa shape index (κ3) is 1.42. The number of fused-ring (bicyclic) bond motifs is 1. The molecule has 0 spiro atoms. The first kappa shape index (κ1) is 8.97. The van der Waals surface area contributed by atoms with E-state index in [0.29, 0.717) is 5.15 Å². The van der Waals surface area contributed by atoms with E-state index in [1.165, 1.54) is 0 Å². The van der Waals surface area contributed by atoms with Gasteiger partial charge in [-0.2, -0.15) is 0 Å². The summed E-state index contributed by atoms with van der Waals surface area (Å²) in [4.78, 5) is 14.8. The number of carbonyl (C=O) groups excluding carboxylic acids is 1. The Labute approximate surface area is 85.5 Å². The third-order valence-electron chi connectivity index (χ3n) is 1.95. The van der Waals surface area contributed by atoms with E-state index in [4.69, 9.17) is 17.3 Å². The summed E-state index contributed by atoms with van der Waals surface area (Å²) >= 11 is 5.89. The molecule has 0 aliphatic rings. The summed E-state index contributed by atoms with van der Waals surface area (Å²) in [5.41, 5.74) is 5.30. The summed E-state index contributed by atoms with van der Waals surface area (Å²) in [6.45, 7) is 0. The van der Waals surface area contributed by atoms with Gasteiger partial charge in [0.25, 0.3) is 5.91 Å². The summed E-state index contributed by atoms with van der Waals surface area (Å²) < 4.78 is 0. The largest absolute Gasteiger partial charge is 0.364 e. The van der Waals surface area contributed by atoms with Gasteiger partial charge in [0.2, 0.25) is 0 Å². The van der Waals surface area contributed by atoms with Gasteiger partial charge in [0, 0.05) is 5.39 Å². The van der Waals surface area contributed by atoms with Gasteiger partial charge in [-0.1, -0.05) is 35.9 Å². The van der Waals surface area contributed by atoms with Crippen molar-refractivity contribution in [3.05, 3.63) is 41.2 Å². The molecule has 0 saturated heterocycles. The summed E-state index contributed by atoms with van der Waals surface area (Å²) in [5, 5.41) is 1.98. The van der Waals surface area contributed by atoms with Gasteiger partial charge in [-0.05, 0) is 11.5 Å². The minimum absolute atomic E-state index is 0.189. The highest BCUT2D eigenvalue weighted by Crippen LogP contribution is 2.21. The molecular weight excluding hydrogens is 200 g/mol. The zero-order valence-corrected chi connectivity index (χ0v) is 7.95. The maximum atomic E-state index is 10.9. The van der Waals surface area contributed by atoms with E-state index >= 15 is 0 Å². The molecule has 70 valence electrons. The van der Waals surface area contributed by atoms with E-state index < -0.39 is 5.91 Å². The molecule has 1 aromatic heterocycles. The van der Waals surface area contributed by atoms with E-state index in [-0.39, 0.29) is 5.69 Å². The van der Waals surface area contributed by atoms with Crippen molar-refractivity contribution in [2.24, 2.45) is 5.73 Å². The molecule has 2 rings (SSSR count). The van der Waals surface area contributed by atoms with Gasteiger partial charge in [0.05, 0.1) is 0 Å². The smallest absolute Gasteiger partial charge is 0.267 e. The Bertz CT molecular complexity index is 510. The van der Waals surface area contributed by atoms with E-state index in [0.717, 1.165) is 10.8 Å². The van der Waals surface area contributed by atoms with Crippen molar-refractivity contribution >= 4 is 28.3 Å². The number of primary amides is 1. The maximum absolute atomic E-state index is 10.9. The molecule has 0 aliphatic carbocycles. The Kier molecular flexibility index (Phi) is 2.09. The summed E-state index contributed by atoms with van der Waals surface area (Å²) in [6.07, 6.45) is 0. The molecule has 2 aromatic rings. The van der Waals surface area contributed by atoms with E-state index in [2.05, 4.69) is 4.98 Å². The Hall–Kier alpha value is -1.61. The fourth-order valence-electron chi connectivity index (χ4n) is 1.28. The molecule has 0 aliphatic heterocycles. The van der Waals surface area contributed by atoms with Gasteiger partial charge in [-0.3, -0.25) is 4.79 Å². The molecule has 14 heavy (non-hydrogen) atoms. The number of carbonyl (C=O) groups is 1. The highest BCUT2D eigenvalue weighted by molar-refractivity contribution is 6.34. The Morgan fingerprint density at radius 1 is 1.36 bits per heavy atom. The molecule has 1 aromatic carbocycles. The Morgan fingerprint density at radius 2 is 2.07 bits per heavy atom. The number of benzene rings is 1. The molecule has 0 saturated carbocycles. The van der Waals surface area contributed by atoms with Crippen molar-refractivity contribution in [1.82, 2.24) is 4.98 Å². The van der Waals surface area contributed by atoms with E-state index in [9.17, 15) is 4.79 Å². The van der Waals surface area contributed by atoms with Crippen LogP contribution in [0.5, 0.6) is 0 Å². The number of hydrogen-bond donors (Lipinski definition) is 1. The van der Waals surface area contributed by atoms with Crippen molar-refractivity contribution in [3.8, 4) is 0 Å². The van der Waals surface area contributed by atoms with Gasteiger partial charge in [0.1, 0.15) is 10.8 Å². The van der Waals surface area contributed by atoms with Crippen molar-refractivity contribution in [1.29, 1.82) is 0 Å². The number of nitrogens with zero attached hydrogens (tertiary/aromatic N) is 1. The molecule has 4 heteroatoms. The average Bonchev–Trinajstić information content (AvgIpc) is 2.17. The Morgan fingerprint density at radius 3 is 2.79 bits per heavy atom. The number of aromatic nitrogens is 1. The predicted octanol–water partition coefficient (Wildman–Crippen LogP) is 1.99. The molecule has 1 amide bonds. The average molecular weight is 207 g/mol. The number of amides is 1. The monoisotopic (exact) mass is 206 g/mol. The molecule has 1 heterocycles. The van der Waals surface area contributed by atoms with E-state index in [1.807, 2.05) is 24.3 Å². The number of nitrogens with two attached hydrogens (primary N) is 1. The SMILES string of the molecule is NC(=O)c1cc2ccccc2c(Cl)n1. The molecule has 2 N–H and O–H groups in total. The molecule has 0 unspecified atom stereocenters. The molecular formula is C10H7ClN2O. The van der Waals surface area contributed by atoms with Crippen LogP contribution in [-0.2, 0) is 0 Å². The second kappa shape index (κ2) is 3.27. The lowest BCUT2D eigenvalue weighted by Crippen LogP contribution is -2.12. The zero-order valence-electron chi connectivity index (χ0n) is 7.20. The minimum Gasteiger partial charge on any atom is -0.364 e. The van der Waals surface area contributed by atoms with Crippen LogP contribution < -0.4 is 5.73 Å². The predicted molar refractivity (Wildman–Crippen MR) is 55.3 cm³/mol. The lowest BCUT2D eigenvalue weighted by Gasteiger charge is -2.01. The molecule has 3 nitrogen and oxygen atoms in total. The fraction of sp³-hybridized carbons (Fsp3) is 0. The highest BCUT2D eigenvalue weighted by atomic mass is 35.5. The summed E-state index contributed by atoms with van der Waals surface area (Å²) in [5.74, 6) is -0.572. The number of rotatable bonds is 1. The highest BCUT2D eigenvalue weighted by Gasteiger charge is 2.06. The second-order valence-electron chi connectivity index (χ2n) is 2.88. The van der Waals surface area contributed by atoms with Crippen LogP contribution in [0.4, 0.5) is 0 Å². The van der Waals surface area contributed by atoms with Crippen LogP contribution in [0, 0.1) is 0 Å². The van der Waals surface area contributed by atoms with Gasteiger partial charge in [0.15, 0.2) is 0 Å². The first-order chi connectivity index (χ1) is 6.68. The van der Waals surface area contributed by atoms with Crippen LogP contribution >= 0.6 is 11.6 Å². The van der Waals surface area contributed by atoms with Crippen LogP contribution in [0.1, 0.15) is 10.5 Å². The van der Waals surface area contributed by atoms with Gasteiger partial charge in [-0.25, -0.2) is 4.98 Å². The van der Waals surface area contributed by atoms with E-state index in [1.54, 1.807) is 6.07 Å². The molecule has 0 atom stereocenters. The van der Waals surface area contributed by atoms with Crippen LogP contribution in [0.15, 0.2) is 30.3 Å². The van der Waals surface area contributed by atoms with Crippen molar-refractivity contribution < 1.29 is 4.79 Å². The summed E-state index contributed by atoms with van der Waals surface area (Å²) in [6, 6.07) is 9.05. The normalized spacial score (nSPS) is 10.4. The van der Waals surface area contributed by atoms with Crippen LogP contribution in [-0.4, -0.2) is 10.9 Å². The third-order valence-corrected chi connectivity index (χ3v) is 2.23. The first-order valence-electron chi connectivity index (χ1n) is 4.03.